The Morgan fingerprint density at radius 3 is 2.55 bits per heavy atom. The first-order valence-corrected chi connectivity index (χ1v) is 6.90. The molecule has 112 valence electrons. The predicted octanol–water partition coefficient (Wildman–Crippen LogP) is 2.37. The summed E-state index contributed by atoms with van der Waals surface area (Å²) in [6.45, 7) is 8.80. The lowest BCUT2D eigenvalue weighted by molar-refractivity contribution is -0.142. The van der Waals surface area contributed by atoms with E-state index in [1.54, 1.807) is 6.07 Å². The molecule has 0 aliphatic carbocycles. The maximum atomic E-state index is 12.1. The highest BCUT2D eigenvalue weighted by molar-refractivity contribution is 5.93. The second-order valence-electron chi connectivity index (χ2n) is 6.19. The Morgan fingerprint density at radius 2 is 2.05 bits per heavy atom. The minimum Gasteiger partial charge on any atom is -0.481 e. The Morgan fingerprint density at radius 1 is 1.40 bits per heavy atom. The third-order valence-corrected chi connectivity index (χ3v) is 3.12. The number of amides is 1. The standard InChI is InChI=1S/C15H24N2O3/c1-5-17-8-6-7-12(17)13(18)16-10-11(14(19)20)9-15(2,3)4/h6-8,11H,5,9-10H2,1-4H3,(H,16,18)(H,19,20). The summed E-state index contributed by atoms with van der Waals surface area (Å²) in [7, 11) is 0. The molecule has 0 saturated heterocycles. The molecule has 1 rings (SSSR count). The fourth-order valence-corrected chi connectivity index (χ4v) is 2.19. The van der Waals surface area contributed by atoms with E-state index in [1.165, 1.54) is 0 Å². The van der Waals surface area contributed by atoms with Crippen LogP contribution >= 0.6 is 0 Å². The molecule has 2 N–H and O–H groups in total. The van der Waals surface area contributed by atoms with Gasteiger partial charge in [-0.15, -0.1) is 0 Å². The van der Waals surface area contributed by atoms with E-state index in [-0.39, 0.29) is 17.9 Å². The summed E-state index contributed by atoms with van der Waals surface area (Å²) in [6.07, 6.45) is 2.36. The summed E-state index contributed by atoms with van der Waals surface area (Å²) in [5.41, 5.74) is 0.477. The molecule has 0 aliphatic rings. The lowest BCUT2D eigenvalue weighted by atomic mass is 9.84. The molecule has 5 nitrogen and oxygen atoms in total. The van der Waals surface area contributed by atoms with Gasteiger partial charge >= 0.3 is 5.97 Å². The predicted molar refractivity (Wildman–Crippen MR) is 77.6 cm³/mol. The molecule has 0 spiro atoms. The van der Waals surface area contributed by atoms with Gasteiger partial charge in [-0.1, -0.05) is 20.8 Å². The SMILES string of the molecule is CCn1cccc1C(=O)NCC(CC(C)(C)C)C(=O)O. The van der Waals surface area contributed by atoms with E-state index in [4.69, 9.17) is 0 Å². The number of aliphatic carboxylic acids is 1. The van der Waals surface area contributed by atoms with E-state index in [0.717, 1.165) is 0 Å². The van der Waals surface area contributed by atoms with Crippen molar-refractivity contribution in [2.75, 3.05) is 6.54 Å². The van der Waals surface area contributed by atoms with Crippen LogP contribution in [0.15, 0.2) is 18.3 Å². The monoisotopic (exact) mass is 280 g/mol. The highest BCUT2D eigenvalue weighted by Gasteiger charge is 2.25. The zero-order valence-electron chi connectivity index (χ0n) is 12.6. The van der Waals surface area contributed by atoms with Crippen molar-refractivity contribution in [1.82, 2.24) is 9.88 Å². The average molecular weight is 280 g/mol. The van der Waals surface area contributed by atoms with Gasteiger partial charge in [0.25, 0.3) is 5.91 Å². The normalized spacial score (nSPS) is 13.0. The van der Waals surface area contributed by atoms with Crippen LogP contribution < -0.4 is 5.32 Å². The first kappa shape index (κ1) is 16.3. The first-order valence-electron chi connectivity index (χ1n) is 6.90. The molecule has 1 heterocycles. The van der Waals surface area contributed by atoms with Crippen LogP contribution in [0.3, 0.4) is 0 Å². The number of hydrogen-bond donors (Lipinski definition) is 2. The van der Waals surface area contributed by atoms with Crippen molar-refractivity contribution in [2.24, 2.45) is 11.3 Å². The molecule has 0 aliphatic heterocycles. The Kier molecular flexibility index (Phi) is 5.36. The summed E-state index contributed by atoms with van der Waals surface area (Å²) in [5, 5.41) is 11.9. The smallest absolute Gasteiger partial charge is 0.308 e. The van der Waals surface area contributed by atoms with Gasteiger partial charge in [-0.05, 0) is 30.9 Å². The van der Waals surface area contributed by atoms with Crippen molar-refractivity contribution in [2.45, 2.75) is 40.7 Å². The van der Waals surface area contributed by atoms with Gasteiger partial charge < -0.3 is 15.0 Å². The van der Waals surface area contributed by atoms with Crippen molar-refractivity contribution < 1.29 is 14.7 Å². The van der Waals surface area contributed by atoms with Crippen LogP contribution in [0.1, 0.15) is 44.6 Å². The Bertz CT molecular complexity index is 472. The van der Waals surface area contributed by atoms with Gasteiger partial charge in [0, 0.05) is 19.3 Å². The molecule has 0 saturated carbocycles. The molecule has 1 aromatic heterocycles. The number of nitrogens with zero attached hydrogens (tertiary/aromatic N) is 1. The topological polar surface area (TPSA) is 71.3 Å². The second-order valence-corrected chi connectivity index (χ2v) is 6.19. The molecule has 0 radical (unpaired) electrons. The van der Waals surface area contributed by atoms with Gasteiger partial charge in [-0.3, -0.25) is 9.59 Å². The van der Waals surface area contributed by atoms with Crippen LogP contribution in [0.5, 0.6) is 0 Å². The number of carboxylic acid groups (broad SMARTS) is 1. The van der Waals surface area contributed by atoms with Crippen molar-refractivity contribution in [1.29, 1.82) is 0 Å². The minimum atomic E-state index is -0.869. The third kappa shape index (κ3) is 4.72. The molecule has 20 heavy (non-hydrogen) atoms. The van der Waals surface area contributed by atoms with Crippen LogP contribution in [0.4, 0.5) is 0 Å². The average Bonchev–Trinajstić information content (AvgIpc) is 2.80. The fourth-order valence-electron chi connectivity index (χ4n) is 2.19. The lowest BCUT2D eigenvalue weighted by Gasteiger charge is -2.23. The highest BCUT2D eigenvalue weighted by atomic mass is 16.4. The summed E-state index contributed by atoms with van der Waals surface area (Å²) < 4.78 is 1.83. The fraction of sp³-hybridized carbons (Fsp3) is 0.600. The van der Waals surface area contributed by atoms with E-state index in [2.05, 4.69) is 5.32 Å². The molecule has 1 atom stereocenters. The Labute approximate surface area is 120 Å². The zero-order chi connectivity index (χ0) is 15.3. The lowest BCUT2D eigenvalue weighted by Crippen LogP contribution is -2.35. The van der Waals surface area contributed by atoms with Crippen molar-refractivity contribution in [3.63, 3.8) is 0 Å². The number of rotatable bonds is 6. The molecular weight excluding hydrogens is 256 g/mol. The quantitative estimate of drug-likeness (QED) is 0.840. The molecular formula is C15H24N2O3. The second kappa shape index (κ2) is 6.59. The molecule has 1 aromatic rings. The minimum absolute atomic E-state index is 0.0859. The number of aromatic nitrogens is 1. The van der Waals surface area contributed by atoms with Crippen molar-refractivity contribution >= 4 is 11.9 Å². The zero-order valence-corrected chi connectivity index (χ0v) is 12.6. The molecule has 0 fully saturated rings. The number of aryl methyl sites for hydroxylation is 1. The van der Waals surface area contributed by atoms with E-state index in [1.807, 2.05) is 44.5 Å². The molecule has 1 unspecified atom stereocenters. The van der Waals surface area contributed by atoms with E-state index in [0.29, 0.717) is 18.7 Å². The van der Waals surface area contributed by atoms with Crippen molar-refractivity contribution in [3.05, 3.63) is 24.0 Å². The largest absolute Gasteiger partial charge is 0.481 e. The number of hydrogen-bond acceptors (Lipinski definition) is 2. The van der Waals surface area contributed by atoms with Crippen LogP contribution in [-0.4, -0.2) is 28.1 Å². The van der Waals surface area contributed by atoms with E-state index in [9.17, 15) is 14.7 Å². The van der Waals surface area contributed by atoms with Gasteiger partial charge in [-0.2, -0.15) is 0 Å². The van der Waals surface area contributed by atoms with Crippen LogP contribution in [0, 0.1) is 11.3 Å². The van der Waals surface area contributed by atoms with Crippen LogP contribution in [0.2, 0.25) is 0 Å². The van der Waals surface area contributed by atoms with Gasteiger partial charge in [0.15, 0.2) is 0 Å². The first-order chi connectivity index (χ1) is 9.24. The highest BCUT2D eigenvalue weighted by Crippen LogP contribution is 2.24. The number of carbonyl (C=O) groups excluding carboxylic acids is 1. The van der Waals surface area contributed by atoms with Gasteiger partial charge in [0.2, 0.25) is 0 Å². The molecule has 1 amide bonds. The molecule has 0 bridgehead atoms. The third-order valence-electron chi connectivity index (χ3n) is 3.12. The maximum Gasteiger partial charge on any atom is 0.308 e. The maximum absolute atomic E-state index is 12.1. The molecule has 5 heteroatoms. The van der Waals surface area contributed by atoms with Crippen molar-refractivity contribution in [3.8, 4) is 0 Å². The number of carboxylic acids is 1. The van der Waals surface area contributed by atoms with Gasteiger partial charge in [0.05, 0.1) is 5.92 Å². The summed E-state index contributed by atoms with van der Waals surface area (Å²) in [4.78, 5) is 23.3. The summed E-state index contributed by atoms with van der Waals surface area (Å²) in [6, 6.07) is 3.54. The van der Waals surface area contributed by atoms with E-state index < -0.39 is 11.9 Å². The van der Waals surface area contributed by atoms with Gasteiger partial charge in [0.1, 0.15) is 5.69 Å². The van der Waals surface area contributed by atoms with Gasteiger partial charge in [-0.25, -0.2) is 0 Å². The number of carbonyl (C=O) groups is 2. The summed E-state index contributed by atoms with van der Waals surface area (Å²) in [5.74, 6) is -1.66. The molecule has 0 aromatic carbocycles. The Balaban J connectivity index is 2.64. The Hall–Kier alpha value is -1.78. The van der Waals surface area contributed by atoms with Crippen LogP contribution in [0.25, 0.3) is 0 Å². The summed E-state index contributed by atoms with van der Waals surface area (Å²) >= 11 is 0. The number of nitrogens with one attached hydrogen (secondary N) is 1. The van der Waals surface area contributed by atoms with E-state index >= 15 is 0 Å². The van der Waals surface area contributed by atoms with Crippen LogP contribution in [-0.2, 0) is 11.3 Å².